The van der Waals surface area contributed by atoms with Gasteiger partial charge in [0.1, 0.15) is 0 Å². The summed E-state index contributed by atoms with van der Waals surface area (Å²) < 4.78 is 5.25. The van der Waals surface area contributed by atoms with Crippen LogP contribution in [0.5, 0.6) is 0 Å². The van der Waals surface area contributed by atoms with Crippen molar-refractivity contribution >= 4 is 11.9 Å². The van der Waals surface area contributed by atoms with Gasteiger partial charge in [0.25, 0.3) is 0 Å². The van der Waals surface area contributed by atoms with E-state index < -0.39 is 5.41 Å². The van der Waals surface area contributed by atoms with Crippen molar-refractivity contribution in [3.8, 4) is 0 Å². The van der Waals surface area contributed by atoms with E-state index in [4.69, 9.17) is 4.74 Å². The predicted molar refractivity (Wildman–Crippen MR) is 71.6 cm³/mol. The Balaban J connectivity index is 2.37. The van der Waals surface area contributed by atoms with Crippen LogP contribution >= 0.6 is 0 Å². The average Bonchev–Trinajstić information content (AvgIpc) is 2.63. The van der Waals surface area contributed by atoms with Gasteiger partial charge in [0.05, 0.1) is 12.0 Å². The third-order valence-electron chi connectivity index (χ3n) is 3.65. The maximum Gasteiger partial charge on any atom is 0.316 e. The first-order valence-corrected chi connectivity index (χ1v) is 6.68. The van der Waals surface area contributed by atoms with E-state index in [9.17, 15) is 9.59 Å². The van der Waals surface area contributed by atoms with Crippen LogP contribution < -0.4 is 5.32 Å². The van der Waals surface area contributed by atoms with Gasteiger partial charge in [0.2, 0.25) is 5.91 Å². The lowest BCUT2D eigenvalue weighted by atomic mass is 9.74. The summed E-state index contributed by atoms with van der Waals surface area (Å²) in [5, 5.41) is 2.82. The molecule has 1 fully saturated rings. The molecule has 1 atom stereocenters. The molecule has 0 unspecified atom stereocenters. The molecule has 102 valence electrons. The molecule has 1 aliphatic rings. The smallest absolute Gasteiger partial charge is 0.316 e. The Morgan fingerprint density at radius 1 is 1.32 bits per heavy atom. The normalized spacial score (nSPS) is 23.3. The second kappa shape index (κ2) is 5.87. The molecule has 1 aliphatic heterocycles. The van der Waals surface area contributed by atoms with Crippen LogP contribution in [0.3, 0.4) is 0 Å². The van der Waals surface area contributed by atoms with E-state index >= 15 is 0 Å². The summed E-state index contributed by atoms with van der Waals surface area (Å²) in [6.45, 7) is 2.66. The summed E-state index contributed by atoms with van der Waals surface area (Å²) in [6, 6.07) is 9.62. The number of ether oxygens (including phenoxy) is 1. The Morgan fingerprint density at radius 3 is 2.74 bits per heavy atom. The van der Waals surface area contributed by atoms with Gasteiger partial charge in [-0.3, -0.25) is 9.59 Å². The molecule has 0 spiro atoms. The zero-order chi connectivity index (χ0) is 13.7. The maximum atomic E-state index is 12.4. The molecule has 0 aliphatic carbocycles. The summed E-state index contributed by atoms with van der Waals surface area (Å²) in [7, 11) is 0. The van der Waals surface area contributed by atoms with Gasteiger partial charge in [-0.05, 0) is 25.3 Å². The van der Waals surface area contributed by atoms with Gasteiger partial charge in [0.15, 0.2) is 0 Å². The lowest BCUT2D eigenvalue weighted by Crippen LogP contribution is -2.38. The molecule has 1 N–H and O–H groups in total. The highest BCUT2D eigenvalue weighted by molar-refractivity contribution is 5.85. The lowest BCUT2D eigenvalue weighted by Gasteiger charge is -2.30. The summed E-state index contributed by atoms with van der Waals surface area (Å²) in [6.07, 6.45) is 1.44. The van der Waals surface area contributed by atoms with Gasteiger partial charge in [-0.2, -0.15) is 0 Å². The van der Waals surface area contributed by atoms with E-state index in [2.05, 4.69) is 5.32 Å². The molecule has 0 radical (unpaired) electrons. The van der Waals surface area contributed by atoms with Gasteiger partial charge in [-0.15, -0.1) is 0 Å². The van der Waals surface area contributed by atoms with Crippen molar-refractivity contribution in [1.29, 1.82) is 0 Å². The zero-order valence-corrected chi connectivity index (χ0v) is 11.1. The third kappa shape index (κ3) is 2.78. The monoisotopic (exact) mass is 261 g/mol. The third-order valence-corrected chi connectivity index (χ3v) is 3.65. The molecule has 1 amide bonds. The zero-order valence-electron chi connectivity index (χ0n) is 11.1. The van der Waals surface area contributed by atoms with Crippen molar-refractivity contribution in [2.45, 2.75) is 31.6 Å². The lowest BCUT2D eigenvalue weighted by molar-refractivity contribution is -0.150. The maximum absolute atomic E-state index is 12.4. The molecule has 0 aromatic heterocycles. The van der Waals surface area contributed by atoms with Crippen molar-refractivity contribution < 1.29 is 14.3 Å². The highest BCUT2D eigenvalue weighted by Crippen LogP contribution is 2.35. The average molecular weight is 261 g/mol. The van der Waals surface area contributed by atoms with Crippen LogP contribution in [0, 0.1) is 0 Å². The highest BCUT2D eigenvalue weighted by atomic mass is 16.5. The molecule has 0 bridgehead atoms. The van der Waals surface area contributed by atoms with Crippen LogP contribution in [-0.4, -0.2) is 25.0 Å². The van der Waals surface area contributed by atoms with Crippen molar-refractivity contribution in [2.75, 3.05) is 13.2 Å². The van der Waals surface area contributed by atoms with Crippen LogP contribution in [0.2, 0.25) is 0 Å². The number of nitrogens with one attached hydrogen (secondary N) is 1. The summed E-state index contributed by atoms with van der Waals surface area (Å²) in [5.74, 6) is -0.222. The fourth-order valence-electron chi connectivity index (χ4n) is 2.59. The minimum atomic E-state index is -0.698. The van der Waals surface area contributed by atoms with Crippen LogP contribution in [0.25, 0.3) is 0 Å². The summed E-state index contributed by atoms with van der Waals surface area (Å²) in [4.78, 5) is 23.9. The van der Waals surface area contributed by atoms with E-state index in [1.807, 2.05) is 30.3 Å². The Morgan fingerprint density at radius 2 is 2.05 bits per heavy atom. The number of carbonyl (C=O) groups excluding carboxylic acids is 2. The molecular formula is C15H19NO3. The first-order valence-electron chi connectivity index (χ1n) is 6.68. The number of amides is 1. The van der Waals surface area contributed by atoms with Crippen molar-refractivity contribution in [3.05, 3.63) is 35.9 Å². The van der Waals surface area contributed by atoms with E-state index in [0.29, 0.717) is 32.4 Å². The van der Waals surface area contributed by atoms with Gasteiger partial charge in [-0.25, -0.2) is 0 Å². The molecule has 4 heteroatoms. The fraction of sp³-hybridized carbons (Fsp3) is 0.467. The Bertz CT molecular complexity index is 458. The molecule has 1 aromatic carbocycles. The van der Waals surface area contributed by atoms with Gasteiger partial charge >= 0.3 is 5.97 Å². The fourth-order valence-corrected chi connectivity index (χ4v) is 2.59. The minimum absolute atomic E-state index is 0.00195. The van der Waals surface area contributed by atoms with Crippen molar-refractivity contribution in [1.82, 2.24) is 5.32 Å². The van der Waals surface area contributed by atoms with Gasteiger partial charge in [-0.1, -0.05) is 30.3 Å². The summed E-state index contributed by atoms with van der Waals surface area (Å²) >= 11 is 0. The second-order valence-electron chi connectivity index (χ2n) is 4.77. The Hall–Kier alpha value is -1.84. The quantitative estimate of drug-likeness (QED) is 0.844. The largest absolute Gasteiger partial charge is 0.465 e. The van der Waals surface area contributed by atoms with Crippen LogP contribution in [-0.2, 0) is 19.7 Å². The van der Waals surface area contributed by atoms with E-state index in [1.165, 1.54) is 0 Å². The number of carbonyl (C=O) groups is 2. The van der Waals surface area contributed by atoms with Crippen LogP contribution in [0.15, 0.2) is 30.3 Å². The van der Waals surface area contributed by atoms with E-state index in [-0.39, 0.29) is 11.9 Å². The van der Waals surface area contributed by atoms with Crippen LogP contribution in [0.1, 0.15) is 31.7 Å². The number of esters is 1. The number of rotatable bonds is 3. The SMILES string of the molecule is CCOC(=O)[C@@]1(c2ccccc2)CCNC(=O)CC1. The molecule has 2 rings (SSSR count). The molecule has 0 saturated carbocycles. The van der Waals surface area contributed by atoms with Crippen molar-refractivity contribution in [3.63, 3.8) is 0 Å². The standard InChI is InChI=1S/C15H19NO3/c1-2-19-14(18)15(12-6-4-3-5-7-12)9-8-13(17)16-11-10-15/h3-7H,2,8-11H2,1H3,(H,16,17)/t15-/m1/s1. The Kier molecular flexibility index (Phi) is 4.20. The van der Waals surface area contributed by atoms with E-state index in [0.717, 1.165) is 5.56 Å². The molecule has 19 heavy (non-hydrogen) atoms. The molecule has 4 nitrogen and oxygen atoms in total. The highest BCUT2D eigenvalue weighted by Gasteiger charge is 2.42. The molecule has 1 saturated heterocycles. The predicted octanol–water partition coefficient (Wildman–Crippen LogP) is 1.79. The first-order chi connectivity index (χ1) is 9.19. The number of benzene rings is 1. The Labute approximate surface area is 113 Å². The first kappa shape index (κ1) is 13.6. The topological polar surface area (TPSA) is 55.4 Å². The number of hydrogen-bond donors (Lipinski definition) is 1. The number of hydrogen-bond acceptors (Lipinski definition) is 3. The minimum Gasteiger partial charge on any atom is -0.465 e. The molecular weight excluding hydrogens is 242 g/mol. The van der Waals surface area contributed by atoms with Gasteiger partial charge in [0, 0.05) is 13.0 Å². The van der Waals surface area contributed by atoms with E-state index in [1.54, 1.807) is 6.92 Å². The van der Waals surface area contributed by atoms with Crippen molar-refractivity contribution in [2.24, 2.45) is 0 Å². The summed E-state index contributed by atoms with van der Waals surface area (Å²) in [5.41, 5.74) is 0.237. The second-order valence-corrected chi connectivity index (χ2v) is 4.77. The molecule has 1 aromatic rings. The van der Waals surface area contributed by atoms with Crippen LogP contribution in [0.4, 0.5) is 0 Å². The molecule has 1 heterocycles. The van der Waals surface area contributed by atoms with Gasteiger partial charge < -0.3 is 10.1 Å².